The summed E-state index contributed by atoms with van der Waals surface area (Å²) in [6.45, 7) is 2.65. The van der Waals surface area contributed by atoms with Crippen molar-refractivity contribution in [2.24, 2.45) is 0 Å². The number of aromatic nitrogens is 2. The van der Waals surface area contributed by atoms with Crippen LogP contribution in [0.4, 0.5) is 11.8 Å². The van der Waals surface area contributed by atoms with Gasteiger partial charge in [-0.05, 0) is 13.0 Å². The smallest absolute Gasteiger partial charge is 0.226 e. The zero-order valence-electron chi connectivity index (χ0n) is 9.41. The fourth-order valence-electron chi connectivity index (χ4n) is 1.04. The van der Waals surface area contributed by atoms with Crippen molar-refractivity contribution in [3.8, 4) is 11.8 Å². The maximum atomic E-state index is 4.33. The highest BCUT2D eigenvalue weighted by atomic mass is 15.2. The Morgan fingerprint density at radius 3 is 2.93 bits per heavy atom. The molecule has 4 nitrogen and oxygen atoms in total. The fraction of sp³-hybridized carbons (Fsp3) is 0.455. The molecule has 80 valence electrons. The topological polar surface area (TPSA) is 41.1 Å². The van der Waals surface area contributed by atoms with E-state index in [1.807, 2.05) is 32.0 Å². The molecule has 0 aliphatic heterocycles. The van der Waals surface area contributed by atoms with Gasteiger partial charge in [0.1, 0.15) is 5.82 Å². The third kappa shape index (κ3) is 3.86. The Morgan fingerprint density at radius 2 is 2.27 bits per heavy atom. The normalized spacial score (nSPS) is 9.00. The average Bonchev–Trinajstić information content (AvgIpc) is 2.25. The minimum atomic E-state index is 0.710. The lowest BCUT2D eigenvalue weighted by Gasteiger charge is -2.11. The van der Waals surface area contributed by atoms with E-state index in [1.54, 1.807) is 6.20 Å². The number of hydrogen-bond acceptors (Lipinski definition) is 4. The summed E-state index contributed by atoms with van der Waals surface area (Å²) in [5.74, 6) is 7.39. The largest absolute Gasteiger partial charge is 0.369 e. The molecule has 0 aromatic carbocycles. The number of nitrogens with zero attached hydrogens (tertiary/aromatic N) is 3. The van der Waals surface area contributed by atoms with E-state index >= 15 is 0 Å². The maximum absolute atomic E-state index is 4.33. The lowest BCUT2D eigenvalue weighted by molar-refractivity contribution is 0.984. The quantitative estimate of drug-likeness (QED) is 0.594. The molecule has 1 N–H and O–H groups in total. The molecule has 0 fully saturated rings. The molecule has 0 aliphatic carbocycles. The van der Waals surface area contributed by atoms with Gasteiger partial charge in [-0.1, -0.05) is 0 Å². The molecule has 0 unspecified atom stereocenters. The summed E-state index contributed by atoms with van der Waals surface area (Å²) in [5.41, 5.74) is 0. The molecule has 0 atom stereocenters. The lowest BCUT2D eigenvalue weighted by Crippen LogP contribution is -2.13. The van der Waals surface area contributed by atoms with Crippen molar-refractivity contribution in [2.45, 2.75) is 13.3 Å². The van der Waals surface area contributed by atoms with Crippen LogP contribution in [0.2, 0.25) is 0 Å². The molecule has 0 aliphatic rings. The number of hydrogen-bond donors (Lipinski definition) is 1. The molecule has 0 saturated carbocycles. The van der Waals surface area contributed by atoms with Crippen molar-refractivity contribution in [3.05, 3.63) is 12.3 Å². The van der Waals surface area contributed by atoms with Gasteiger partial charge in [0.2, 0.25) is 5.95 Å². The minimum absolute atomic E-state index is 0.710. The Labute approximate surface area is 90.7 Å². The lowest BCUT2D eigenvalue weighted by atomic mass is 10.4. The Balaban J connectivity index is 2.53. The van der Waals surface area contributed by atoms with E-state index < -0.39 is 0 Å². The molecule has 4 heteroatoms. The monoisotopic (exact) mass is 204 g/mol. The van der Waals surface area contributed by atoms with E-state index in [9.17, 15) is 0 Å². The predicted octanol–water partition coefficient (Wildman–Crippen LogP) is 1.37. The van der Waals surface area contributed by atoms with Gasteiger partial charge in [0, 0.05) is 33.3 Å². The van der Waals surface area contributed by atoms with Crippen LogP contribution in [0.15, 0.2) is 12.3 Å². The average molecular weight is 204 g/mol. The zero-order valence-corrected chi connectivity index (χ0v) is 9.41. The van der Waals surface area contributed by atoms with E-state index in [2.05, 4.69) is 27.1 Å². The van der Waals surface area contributed by atoms with Gasteiger partial charge in [-0.2, -0.15) is 4.98 Å². The maximum Gasteiger partial charge on any atom is 0.226 e. The van der Waals surface area contributed by atoms with Gasteiger partial charge in [0.15, 0.2) is 0 Å². The van der Waals surface area contributed by atoms with Gasteiger partial charge in [-0.15, -0.1) is 11.8 Å². The molecule has 1 aromatic rings. The third-order valence-corrected chi connectivity index (χ3v) is 1.78. The van der Waals surface area contributed by atoms with Crippen LogP contribution in [0.1, 0.15) is 13.3 Å². The second kappa shape index (κ2) is 5.86. The molecular weight excluding hydrogens is 188 g/mol. The second-order valence-electron chi connectivity index (χ2n) is 3.24. The second-order valence-corrected chi connectivity index (χ2v) is 3.24. The molecular formula is C11H16N4. The first-order valence-corrected chi connectivity index (χ1v) is 4.88. The van der Waals surface area contributed by atoms with Crippen molar-refractivity contribution in [2.75, 3.05) is 30.9 Å². The van der Waals surface area contributed by atoms with E-state index in [0.29, 0.717) is 5.95 Å². The van der Waals surface area contributed by atoms with Gasteiger partial charge >= 0.3 is 0 Å². The summed E-state index contributed by atoms with van der Waals surface area (Å²) in [5, 5.41) is 3.19. The van der Waals surface area contributed by atoms with Gasteiger partial charge in [0.05, 0.1) is 0 Å². The van der Waals surface area contributed by atoms with Crippen LogP contribution in [-0.2, 0) is 0 Å². The van der Waals surface area contributed by atoms with Crippen LogP contribution in [0.25, 0.3) is 0 Å². The summed E-state index contributed by atoms with van der Waals surface area (Å²) < 4.78 is 0. The highest BCUT2D eigenvalue weighted by Gasteiger charge is 1.99. The first-order chi connectivity index (χ1) is 7.24. The van der Waals surface area contributed by atoms with Crippen molar-refractivity contribution < 1.29 is 0 Å². The van der Waals surface area contributed by atoms with Crippen molar-refractivity contribution >= 4 is 11.8 Å². The van der Waals surface area contributed by atoms with Gasteiger partial charge in [-0.3, -0.25) is 0 Å². The Morgan fingerprint density at radius 1 is 1.47 bits per heavy atom. The molecule has 15 heavy (non-hydrogen) atoms. The van der Waals surface area contributed by atoms with Gasteiger partial charge in [0.25, 0.3) is 0 Å². The van der Waals surface area contributed by atoms with Gasteiger partial charge in [-0.25, -0.2) is 4.98 Å². The molecule has 0 amide bonds. The third-order valence-electron chi connectivity index (χ3n) is 1.78. The van der Waals surface area contributed by atoms with Crippen molar-refractivity contribution in [3.63, 3.8) is 0 Å². The summed E-state index contributed by atoms with van der Waals surface area (Å²) in [6.07, 6.45) is 2.58. The van der Waals surface area contributed by atoms with Crippen LogP contribution in [-0.4, -0.2) is 30.6 Å². The minimum Gasteiger partial charge on any atom is -0.369 e. The highest BCUT2D eigenvalue weighted by Crippen LogP contribution is 2.07. The Hall–Kier alpha value is -1.76. The van der Waals surface area contributed by atoms with E-state index in [1.165, 1.54) is 0 Å². The summed E-state index contributed by atoms with van der Waals surface area (Å²) in [7, 11) is 3.84. The summed E-state index contributed by atoms with van der Waals surface area (Å²) >= 11 is 0. The van der Waals surface area contributed by atoms with Crippen LogP contribution in [0.5, 0.6) is 0 Å². The Kier molecular flexibility index (Phi) is 4.42. The molecule has 0 bridgehead atoms. The van der Waals surface area contributed by atoms with E-state index in [4.69, 9.17) is 0 Å². The standard InChI is InChI=1S/C11H16N4/c1-4-5-6-8-12-10-7-9-13-11(14-10)15(2)3/h7,9H,6,8H2,1-3H3,(H,12,13,14). The van der Waals surface area contributed by atoms with Crippen LogP contribution in [0.3, 0.4) is 0 Å². The highest BCUT2D eigenvalue weighted by molar-refractivity contribution is 5.40. The predicted molar refractivity (Wildman–Crippen MR) is 62.9 cm³/mol. The van der Waals surface area contributed by atoms with Crippen LogP contribution < -0.4 is 10.2 Å². The SMILES string of the molecule is CC#CCCNc1ccnc(N(C)C)n1. The Bertz CT molecular complexity index is 362. The molecule has 1 aromatic heterocycles. The van der Waals surface area contributed by atoms with Crippen molar-refractivity contribution in [1.82, 2.24) is 9.97 Å². The number of nitrogens with one attached hydrogen (secondary N) is 1. The van der Waals surface area contributed by atoms with E-state index in [0.717, 1.165) is 18.8 Å². The molecule has 0 saturated heterocycles. The van der Waals surface area contributed by atoms with Crippen LogP contribution >= 0.6 is 0 Å². The molecule has 0 spiro atoms. The summed E-state index contributed by atoms with van der Waals surface area (Å²) in [4.78, 5) is 10.3. The van der Waals surface area contributed by atoms with E-state index in [-0.39, 0.29) is 0 Å². The van der Waals surface area contributed by atoms with Crippen molar-refractivity contribution in [1.29, 1.82) is 0 Å². The zero-order chi connectivity index (χ0) is 11.1. The summed E-state index contributed by atoms with van der Waals surface area (Å²) in [6, 6.07) is 1.85. The fourth-order valence-corrected chi connectivity index (χ4v) is 1.04. The number of rotatable bonds is 4. The first kappa shape index (κ1) is 11.3. The number of anilines is 2. The first-order valence-electron chi connectivity index (χ1n) is 4.88. The molecule has 1 rings (SSSR count). The molecule has 1 heterocycles. The molecule has 0 radical (unpaired) electrons. The van der Waals surface area contributed by atoms with Gasteiger partial charge < -0.3 is 10.2 Å². The van der Waals surface area contributed by atoms with Crippen LogP contribution in [0, 0.1) is 11.8 Å².